The number of nitrogens with zero attached hydrogens (tertiary/aromatic N) is 1. The van der Waals surface area contributed by atoms with Crippen molar-refractivity contribution in [3.8, 4) is 0 Å². The normalized spacial score (nSPS) is 20.4. The lowest BCUT2D eigenvalue weighted by Gasteiger charge is -2.22. The van der Waals surface area contributed by atoms with Gasteiger partial charge in [0.2, 0.25) is 0 Å². The SMILES string of the molecule is Fc1cc(F)c2nccc(NC3CCOC3c3ccccc3)c2c1. The molecule has 3 nitrogen and oxygen atoms in total. The number of hydrogen-bond donors (Lipinski definition) is 1. The number of ether oxygens (including phenoxy) is 1. The van der Waals surface area contributed by atoms with Crippen LogP contribution in [-0.4, -0.2) is 17.6 Å². The lowest BCUT2D eigenvalue weighted by atomic mass is 10.0. The molecule has 0 saturated carbocycles. The van der Waals surface area contributed by atoms with E-state index in [9.17, 15) is 8.78 Å². The predicted octanol–water partition coefficient (Wildman–Crippen LogP) is 4.46. The fourth-order valence-electron chi connectivity index (χ4n) is 3.21. The molecule has 0 bridgehead atoms. The molecule has 2 heterocycles. The maximum atomic E-state index is 13.9. The van der Waals surface area contributed by atoms with Gasteiger partial charge in [0, 0.05) is 29.9 Å². The maximum absolute atomic E-state index is 13.9. The monoisotopic (exact) mass is 326 g/mol. The van der Waals surface area contributed by atoms with E-state index in [1.165, 1.54) is 12.3 Å². The summed E-state index contributed by atoms with van der Waals surface area (Å²) in [5.41, 5.74) is 1.91. The number of nitrogens with one attached hydrogen (secondary N) is 1. The summed E-state index contributed by atoms with van der Waals surface area (Å²) in [7, 11) is 0. The van der Waals surface area contributed by atoms with Crippen LogP contribution in [-0.2, 0) is 4.74 Å². The highest BCUT2D eigenvalue weighted by molar-refractivity contribution is 5.91. The molecule has 122 valence electrons. The Morgan fingerprint density at radius 3 is 2.75 bits per heavy atom. The molecule has 2 unspecified atom stereocenters. The zero-order valence-electron chi connectivity index (χ0n) is 12.9. The third-order valence-electron chi connectivity index (χ3n) is 4.32. The summed E-state index contributed by atoms with van der Waals surface area (Å²) in [5.74, 6) is -1.27. The van der Waals surface area contributed by atoms with Crippen LogP contribution in [0.3, 0.4) is 0 Å². The molecule has 1 saturated heterocycles. The molecular weight excluding hydrogens is 310 g/mol. The van der Waals surface area contributed by atoms with Gasteiger partial charge in [0.05, 0.1) is 6.04 Å². The molecule has 1 N–H and O–H groups in total. The van der Waals surface area contributed by atoms with Crippen LogP contribution in [0.5, 0.6) is 0 Å². The van der Waals surface area contributed by atoms with Gasteiger partial charge in [-0.05, 0) is 24.1 Å². The minimum absolute atomic E-state index is 0.0318. The van der Waals surface area contributed by atoms with Crippen LogP contribution in [0, 0.1) is 11.6 Å². The van der Waals surface area contributed by atoms with Crippen LogP contribution in [0.2, 0.25) is 0 Å². The van der Waals surface area contributed by atoms with E-state index in [0.29, 0.717) is 17.7 Å². The molecular formula is C19H16F2N2O. The highest BCUT2D eigenvalue weighted by Gasteiger charge is 2.30. The largest absolute Gasteiger partial charge is 0.379 e. The molecule has 1 aliphatic heterocycles. The van der Waals surface area contributed by atoms with Crippen molar-refractivity contribution in [2.45, 2.75) is 18.6 Å². The highest BCUT2D eigenvalue weighted by atomic mass is 19.1. The Kier molecular flexibility index (Phi) is 3.86. The minimum Gasteiger partial charge on any atom is -0.379 e. The van der Waals surface area contributed by atoms with Crippen LogP contribution in [0.15, 0.2) is 54.7 Å². The first kappa shape index (κ1) is 15.0. The van der Waals surface area contributed by atoms with E-state index in [1.54, 1.807) is 6.07 Å². The second kappa shape index (κ2) is 6.17. The Balaban J connectivity index is 1.69. The van der Waals surface area contributed by atoms with Gasteiger partial charge in [-0.1, -0.05) is 30.3 Å². The molecule has 24 heavy (non-hydrogen) atoms. The van der Waals surface area contributed by atoms with Crippen molar-refractivity contribution in [2.24, 2.45) is 0 Å². The van der Waals surface area contributed by atoms with Gasteiger partial charge in [0.15, 0.2) is 5.82 Å². The predicted molar refractivity (Wildman–Crippen MR) is 88.8 cm³/mol. The number of hydrogen-bond acceptors (Lipinski definition) is 3. The number of benzene rings is 2. The maximum Gasteiger partial charge on any atom is 0.152 e. The Morgan fingerprint density at radius 1 is 1.08 bits per heavy atom. The lowest BCUT2D eigenvalue weighted by Crippen LogP contribution is -2.23. The Labute approximate surface area is 138 Å². The summed E-state index contributed by atoms with van der Waals surface area (Å²) in [6.07, 6.45) is 2.26. The van der Waals surface area contributed by atoms with Gasteiger partial charge in [-0.2, -0.15) is 0 Å². The van der Waals surface area contributed by atoms with E-state index in [4.69, 9.17) is 4.74 Å². The van der Waals surface area contributed by atoms with Crippen molar-refractivity contribution >= 4 is 16.6 Å². The van der Waals surface area contributed by atoms with E-state index in [2.05, 4.69) is 10.3 Å². The zero-order valence-corrected chi connectivity index (χ0v) is 12.9. The average Bonchev–Trinajstić information content (AvgIpc) is 3.04. The average molecular weight is 326 g/mol. The van der Waals surface area contributed by atoms with Gasteiger partial charge in [0.25, 0.3) is 0 Å². The second-order valence-corrected chi connectivity index (χ2v) is 5.88. The van der Waals surface area contributed by atoms with Crippen molar-refractivity contribution in [1.29, 1.82) is 0 Å². The molecule has 2 aromatic carbocycles. The first-order valence-electron chi connectivity index (χ1n) is 7.89. The van der Waals surface area contributed by atoms with Gasteiger partial charge in [-0.25, -0.2) is 8.78 Å². The summed E-state index contributed by atoms with van der Waals surface area (Å²) in [5, 5.41) is 3.83. The lowest BCUT2D eigenvalue weighted by molar-refractivity contribution is 0.107. The Morgan fingerprint density at radius 2 is 1.92 bits per heavy atom. The quantitative estimate of drug-likeness (QED) is 0.772. The molecule has 2 atom stereocenters. The summed E-state index contributed by atoms with van der Waals surface area (Å²) in [6.45, 7) is 0.642. The molecule has 4 rings (SSSR count). The van der Waals surface area contributed by atoms with Gasteiger partial charge in [-0.15, -0.1) is 0 Å². The first-order chi connectivity index (χ1) is 11.7. The summed E-state index contributed by atoms with van der Waals surface area (Å²) >= 11 is 0. The van der Waals surface area contributed by atoms with Gasteiger partial charge < -0.3 is 10.1 Å². The fourth-order valence-corrected chi connectivity index (χ4v) is 3.21. The van der Waals surface area contributed by atoms with E-state index in [0.717, 1.165) is 18.1 Å². The first-order valence-corrected chi connectivity index (χ1v) is 7.89. The topological polar surface area (TPSA) is 34.2 Å². The van der Waals surface area contributed by atoms with Gasteiger partial charge in [0.1, 0.15) is 17.4 Å². The molecule has 1 aliphatic rings. The van der Waals surface area contributed by atoms with Gasteiger partial charge >= 0.3 is 0 Å². The van der Waals surface area contributed by atoms with Crippen molar-refractivity contribution < 1.29 is 13.5 Å². The van der Waals surface area contributed by atoms with E-state index in [-0.39, 0.29) is 17.7 Å². The number of anilines is 1. The summed E-state index contributed by atoms with van der Waals surface area (Å²) < 4.78 is 33.4. The molecule has 1 fully saturated rings. The minimum atomic E-state index is -0.657. The number of halogens is 2. The van der Waals surface area contributed by atoms with Crippen LogP contribution in [0.1, 0.15) is 18.1 Å². The third-order valence-corrected chi connectivity index (χ3v) is 4.32. The molecule has 5 heteroatoms. The smallest absolute Gasteiger partial charge is 0.152 e. The molecule has 0 amide bonds. The van der Waals surface area contributed by atoms with E-state index < -0.39 is 11.6 Å². The number of pyridine rings is 1. The molecule has 1 aromatic heterocycles. The standard InChI is InChI=1S/C19H16F2N2O/c20-13-10-14-16(6-8-22-18(14)15(21)11-13)23-17-7-9-24-19(17)12-4-2-1-3-5-12/h1-6,8,10-11,17,19H,7,9H2,(H,22,23). The fraction of sp³-hybridized carbons (Fsp3) is 0.211. The molecule has 0 aliphatic carbocycles. The Hall–Kier alpha value is -2.53. The van der Waals surface area contributed by atoms with Crippen molar-refractivity contribution in [1.82, 2.24) is 4.98 Å². The highest BCUT2D eigenvalue weighted by Crippen LogP contribution is 2.33. The van der Waals surface area contributed by atoms with Crippen LogP contribution in [0.25, 0.3) is 10.9 Å². The summed E-state index contributed by atoms with van der Waals surface area (Å²) in [6, 6.07) is 13.9. The van der Waals surface area contributed by atoms with Crippen LogP contribution < -0.4 is 5.32 Å². The number of aromatic nitrogens is 1. The molecule has 0 spiro atoms. The summed E-state index contributed by atoms with van der Waals surface area (Å²) in [4.78, 5) is 4.02. The molecule has 0 radical (unpaired) electrons. The Bertz CT molecular complexity index is 870. The van der Waals surface area contributed by atoms with Gasteiger partial charge in [-0.3, -0.25) is 4.98 Å². The van der Waals surface area contributed by atoms with Crippen molar-refractivity contribution in [3.05, 3.63) is 71.9 Å². The van der Waals surface area contributed by atoms with E-state index >= 15 is 0 Å². The van der Waals surface area contributed by atoms with Crippen molar-refractivity contribution in [2.75, 3.05) is 11.9 Å². The third kappa shape index (κ3) is 2.71. The number of fused-ring (bicyclic) bond motifs is 1. The second-order valence-electron chi connectivity index (χ2n) is 5.88. The zero-order chi connectivity index (χ0) is 16.5. The van der Waals surface area contributed by atoms with Crippen molar-refractivity contribution in [3.63, 3.8) is 0 Å². The number of rotatable bonds is 3. The van der Waals surface area contributed by atoms with Crippen LogP contribution in [0.4, 0.5) is 14.5 Å². The van der Waals surface area contributed by atoms with Crippen LogP contribution >= 0.6 is 0 Å². The molecule has 3 aromatic rings. The van der Waals surface area contributed by atoms with E-state index in [1.807, 2.05) is 30.3 Å².